The summed E-state index contributed by atoms with van der Waals surface area (Å²) < 4.78 is 16.2. The lowest BCUT2D eigenvalue weighted by atomic mass is 9.80. The number of hydrogen-bond donors (Lipinski definition) is 1. The molecule has 1 N–H and O–H groups in total. The number of esters is 1. The molecule has 0 spiro atoms. The van der Waals surface area contributed by atoms with E-state index in [4.69, 9.17) is 25.8 Å². The molecule has 0 heterocycles. The van der Waals surface area contributed by atoms with Crippen molar-refractivity contribution < 1.29 is 28.9 Å². The third kappa shape index (κ3) is 6.17. The third-order valence-corrected chi connectivity index (χ3v) is 6.20. The van der Waals surface area contributed by atoms with Gasteiger partial charge in [0.25, 0.3) is 0 Å². The van der Waals surface area contributed by atoms with Crippen LogP contribution >= 0.6 is 11.6 Å². The van der Waals surface area contributed by atoms with Gasteiger partial charge in [-0.3, -0.25) is 0 Å². The van der Waals surface area contributed by atoms with Crippen LogP contribution in [-0.4, -0.2) is 42.6 Å². The normalized spacial score (nSPS) is 16.5. The SMILES string of the molecule is CCOC(=O)COc1cccc2c1CC[C@](O)(COC(=O)N(c1ccccc1)c1cccc(Cl)c1)C2. The van der Waals surface area contributed by atoms with Gasteiger partial charge < -0.3 is 19.3 Å². The van der Waals surface area contributed by atoms with E-state index >= 15 is 0 Å². The van der Waals surface area contributed by atoms with Gasteiger partial charge in [-0.25, -0.2) is 14.5 Å². The van der Waals surface area contributed by atoms with Crippen molar-refractivity contribution in [1.29, 1.82) is 0 Å². The first-order chi connectivity index (χ1) is 17.4. The summed E-state index contributed by atoms with van der Waals surface area (Å²) in [7, 11) is 0. The average molecular weight is 510 g/mol. The minimum absolute atomic E-state index is 0.176. The zero-order valence-electron chi connectivity index (χ0n) is 20.0. The van der Waals surface area contributed by atoms with Crippen LogP contribution in [0.25, 0.3) is 0 Å². The highest BCUT2D eigenvalue weighted by atomic mass is 35.5. The maximum absolute atomic E-state index is 13.2. The summed E-state index contributed by atoms with van der Waals surface area (Å²) in [5.74, 6) is 0.160. The van der Waals surface area contributed by atoms with E-state index in [1.807, 2.05) is 30.3 Å². The lowest BCUT2D eigenvalue weighted by Gasteiger charge is -2.34. The topological polar surface area (TPSA) is 85.3 Å². The Hall–Kier alpha value is -3.55. The fourth-order valence-electron chi connectivity index (χ4n) is 4.27. The van der Waals surface area contributed by atoms with Crippen molar-refractivity contribution >= 4 is 35.0 Å². The van der Waals surface area contributed by atoms with Gasteiger partial charge in [0.1, 0.15) is 18.0 Å². The second kappa shape index (κ2) is 11.5. The summed E-state index contributed by atoms with van der Waals surface area (Å²) in [6.07, 6.45) is 0.554. The Morgan fingerprint density at radius 2 is 1.75 bits per heavy atom. The maximum Gasteiger partial charge on any atom is 0.419 e. The lowest BCUT2D eigenvalue weighted by molar-refractivity contribution is -0.145. The van der Waals surface area contributed by atoms with E-state index in [1.165, 1.54) is 4.90 Å². The number of hydrogen-bond acceptors (Lipinski definition) is 6. The van der Waals surface area contributed by atoms with E-state index in [2.05, 4.69) is 0 Å². The number of carbonyl (C=O) groups is 2. The van der Waals surface area contributed by atoms with Crippen molar-refractivity contribution in [3.63, 3.8) is 0 Å². The molecule has 1 atom stereocenters. The van der Waals surface area contributed by atoms with E-state index < -0.39 is 17.7 Å². The third-order valence-electron chi connectivity index (χ3n) is 5.97. The van der Waals surface area contributed by atoms with Crippen LogP contribution in [0.1, 0.15) is 24.5 Å². The van der Waals surface area contributed by atoms with Crippen LogP contribution in [0.15, 0.2) is 72.8 Å². The summed E-state index contributed by atoms with van der Waals surface area (Å²) >= 11 is 6.16. The Balaban J connectivity index is 1.46. The van der Waals surface area contributed by atoms with Crippen molar-refractivity contribution in [2.24, 2.45) is 0 Å². The number of ether oxygens (including phenoxy) is 3. The van der Waals surface area contributed by atoms with E-state index in [1.54, 1.807) is 49.4 Å². The molecule has 4 rings (SSSR count). The monoisotopic (exact) mass is 509 g/mol. The number of aliphatic hydroxyl groups is 1. The first kappa shape index (κ1) is 25.5. The molecule has 0 fully saturated rings. The van der Waals surface area contributed by atoms with E-state index in [-0.39, 0.29) is 19.6 Å². The zero-order chi connectivity index (χ0) is 25.5. The molecule has 36 heavy (non-hydrogen) atoms. The molecule has 7 nitrogen and oxygen atoms in total. The predicted molar refractivity (Wildman–Crippen MR) is 137 cm³/mol. The van der Waals surface area contributed by atoms with Crippen molar-refractivity contribution in [1.82, 2.24) is 0 Å². The number of anilines is 2. The maximum atomic E-state index is 13.2. The molecule has 0 radical (unpaired) electrons. The Labute approximate surface area is 215 Å². The van der Waals surface area contributed by atoms with Crippen LogP contribution in [0.4, 0.5) is 16.2 Å². The van der Waals surface area contributed by atoms with Gasteiger partial charge in [-0.15, -0.1) is 0 Å². The molecule has 0 bridgehead atoms. The average Bonchev–Trinajstić information content (AvgIpc) is 2.87. The van der Waals surface area contributed by atoms with Crippen molar-refractivity contribution in [3.05, 3.63) is 88.9 Å². The number of rotatable bonds is 8. The highest BCUT2D eigenvalue weighted by Gasteiger charge is 2.35. The summed E-state index contributed by atoms with van der Waals surface area (Å²) in [6.45, 7) is 1.68. The quantitative estimate of drug-likeness (QED) is 0.405. The van der Waals surface area contributed by atoms with Crippen molar-refractivity contribution in [2.75, 3.05) is 24.7 Å². The summed E-state index contributed by atoms with van der Waals surface area (Å²) in [6, 6.07) is 21.6. The first-order valence-electron chi connectivity index (χ1n) is 11.8. The van der Waals surface area contributed by atoms with Crippen LogP contribution in [0.3, 0.4) is 0 Å². The number of fused-ring (bicyclic) bond motifs is 1. The minimum atomic E-state index is -1.24. The van der Waals surface area contributed by atoms with Crippen LogP contribution < -0.4 is 9.64 Å². The summed E-state index contributed by atoms with van der Waals surface area (Å²) in [4.78, 5) is 26.3. The number of carbonyl (C=O) groups excluding carboxylic acids is 2. The van der Waals surface area contributed by atoms with Gasteiger partial charge in [0.05, 0.1) is 18.0 Å². The van der Waals surface area contributed by atoms with Crippen molar-refractivity contribution in [3.8, 4) is 5.75 Å². The Morgan fingerprint density at radius 1 is 1.00 bits per heavy atom. The first-order valence-corrected chi connectivity index (χ1v) is 12.2. The molecule has 3 aromatic carbocycles. The molecule has 0 unspecified atom stereocenters. The molecule has 0 saturated carbocycles. The molecule has 8 heteroatoms. The fraction of sp³-hybridized carbons (Fsp3) is 0.286. The smallest absolute Gasteiger partial charge is 0.419 e. The molecular weight excluding hydrogens is 482 g/mol. The lowest BCUT2D eigenvalue weighted by Crippen LogP contribution is -2.42. The molecule has 0 saturated heterocycles. The second-order valence-electron chi connectivity index (χ2n) is 8.59. The van der Waals surface area contributed by atoms with Gasteiger partial charge in [-0.1, -0.05) is 48.0 Å². The van der Waals surface area contributed by atoms with E-state index in [9.17, 15) is 14.7 Å². The Morgan fingerprint density at radius 3 is 2.50 bits per heavy atom. The van der Waals surface area contributed by atoms with Crippen molar-refractivity contribution in [2.45, 2.75) is 31.8 Å². The van der Waals surface area contributed by atoms with Gasteiger partial charge in [0.15, 0.2) is 6.61 Å². The number of halogens is 1. The van der Waals surface area contributed by atoms with Crippen LogP contribution in [0.2, 0.25) is 5.02 Å². The molecule has 1 aliphatic carbocycles. The van der Waals surface area contributed by atoms with E-state index in [0.29, 0.717) is 41.6 Å². The second-order valence-corrected chi connectivity index (χ2v) is 9.03. The van der Waals surface area contributed by atoms with Gasteiger partial charge in [-0.2, -0.15) is 0 Å². The highest BCUT2D eigenvalue weighted by molar-refractivity contribution is 6.31. The molecule has 1 aliphatic rings. The van der Waals surface area contributed by atoms with Crippen LogP contribution in [-0.2, 0) is 27.1 Å². The molecular formula is C28H28ClNO6. The van der Waals surface area contributed by atoms with Crippen LogP contribution in [0, 0.1) is 0 Å². The number of amides is 1. The molecule has 0 aliphatic heterocycles. The van der Waals surface area contributed by atoms with Gasteiger partial charge in [-0.05, 0) is 67.3 Å². The predicted octanol–water partition coefficient (Wildman–Crippen LogP) is 5.48. The Kier molecular flexibility index (Phi) is 8.13. The zero-order valence-corrected chi connectivity index (χ0v) is 20.7. The van der Waals surface area contributed by atoms with Crippen LogP contribution in [0.5, 0.6) is 5.75 Å². The Bertz CT molecular complexity index is 1220. The largest absolute Gasteiger partial charge is 0.482 e. The molecule has 0 aromatic heterocycles. The van der Waals surface area contributed by atoms with Gasteiger partial charge in [0, 0.05) is 11.4 Å². The summed E-state index contributed by atoms with van der Waals surface area (Å²) in [5.41, 5.74) is 1.76. The van der Waals surface area contributed by atoms with Gasteiger partial charge in [0.2, 0.25) is 0 Å². The number of nitrogens with zero attached hydrogens (tertiary/aromatic N) is 1. The standard InChI is InChI=1S/C28H28ClNO6/c1-2-34-26(31)18-35-25-13-6-8-20-17-28(33,15-14-24(20)25)19-36-27(32)30(22-10-4-3-5-11-22)23-12-7-9-21(29)16-23/h3-13,16,33H,2,14-15,17-19H2,1H3/t28-/m1/s1. The van der Waals surface area contributed by atoms with Gasteiger partial charge >= 0.3 is 12.1 Å². The molecule has 188 valence electrons. The fourth-order valence-corrected chi connectivity index (χ4v) is 4.46. The highest BCUT2D eigenvalue weighted by Crippen LogP contribution is 2.35. The molecule has 1 amide bonds. The number of para-hydroxylation sites is 1. The number of benzene rings is 3. The van der Waals surface area contributed by atoms with E-state index in [0.717, 1.165) is 11.1 Å². The minimum Gasteiger partial charge on any atom is -0.482 e. The molecule has 3 aromatic rings. The summed E-state index contributed by atoms with van der Waals surface area (Å²) in [5, 5.41) is 11.8.